The minimum atomic E-state index is -4.55. The standard InChI is InChI=1S/C34H24F3NO3S/c1-41-33(40)31-28(17-21-9-3-2-4-10-21)42-32-30(24-14-8-15-26(19-24)34(35,36)37)25(20-29(39)38(31)32)18-23-13-7-12-22-11-5-6-16-27(22)23/h2-16,19-20H,17-18H2,1H3. The first-order valence-electron chi connectivity index (χ1n) is 13.2. The van der Waals surface area contributed by atoms with Crippen LogP contribution in [0.3, 0.4) is 0 Å². The number of thiazole rings is 1. The summed E-state index contributed by atoms with van der Waals surface area (Å²) in [4.78, 5) is 27.8. The summed E-state index contributed by atoms with van der Waals surface area (Å²) in [5, 5.41) is 2.00. The molecule has 6 rings (SSSR count). The lowest BCUT2D eigenvalue weighted by Crippen LogP contribution is -2.20. The largest absolute Gasteiger partial charge is 0.464 e. The zero-order valence-electron chi connectivity index (χ0n) is 22.4. The molecule has 210 valence electrons. The van der Waals surface area contributed by atoms with Crippen LogP contribution in [0.15, 0.2) is 108 Å². The maximum absolute atomic E-state index is 13.8. The van der Waals surface area contributed by atoms with Gasteiger partial charge in [-0.25, -0.2) is 4.79 Å². The second-order valence-electron chi connectivity index (χ2n) is 9.94. The molecule has 2 aromatic heterocycles. The van der Waals surface area contributed by atoms with Gasteiger partial charge in [0.1, 0.15) is 10.5 Å². The van der Waals surface area contributed by atoms with Crippen LogP contribution in [0.5, 0.6) is 0 Å². The van der Waals surface area contributed by atoms with Gasteiger partial charge < -0.3 is 4.74 Å². The first-order chi connectivity index (χ1) is 20.2. The van der Waals surface area contributed by atoms with Crippen LogP contribution in [0.4, 0.5) is 13.2 Å². The molecule has 0 saturated heterocycles. The van der Waals surface area contributed by atoms with Gasteiger partial charge >= 0.3 is 12.1 Å². The molecule has 6 aromatic rings. The highest BCUT2D eigenvalue weighted by Crippen LogP contribution is 2.39. The summed E-state index contributed by atoms with van der Waals surface area (Å²) in [7, 11) is 1.24. The molecule has 0 unspecified atom stereocenters. The van der Waals surface area contributed by atoms with Crippen LogP contribution in [0, 0.1) is 0 Å². The van der Waals surface area contributed by atoms with Crippen LogP contribution in [0.2, 0.25) is 0 Å². The van der Waals surface area contributed by atoms with Crippen molar-refractivity contribution in [3.8, 4) is 11.1 Å². The van der Waals surface area contributed by atoms with Gasteiger partial charge in [0.15, 0.2) is 0 Å². The van der Waals surface area contributed by atoms with E-state index in [-0.39, 0.29) is 5.69 Å². The van der Waals surface area contributed by atoms with Crippen molar-refractivity contribution in [2.75, 3.05) is 7.11 Å². The Hall–Kier alpha value is -4.69. The second kappa shape index (κ2) is 10.9. The summed E-state index contributed by atoms with van der Waals surface area (Å²) in [6, 6.07) is 29.7. The summed E-state index contributed by atoms with van der Waals surface area (Å²) in [5.41, 5.74) is 2.03. The Morgan fingerprint density at radius 3 is 2.31 bits per heavy atom. The fourth-order valence-corrected chi connectivity index (χ4v) is 6.75. The van der Waals surface area contributed by atoms with E-state index in [0.717, 1.165) is 34.0 Å². The zero-order chi connectivity index (χ0) is 29.4. The number of ether oxygens (including phenoxy) is 1. The van der Waals surface area contributed by atoms with Gasteiger partial charge in [0.2, 0.25) is 0 Å². The SMILES string of the molecule is COC(=O)c1c(Cc2ccccc2)sc2c(-c3cccc(C(F)(F)F)c3)c(Cc3cccc4ccccc34)cc(=O)n12. The number of pyridine rings is 1. The number of nitrogens with zero attached hydrogens (tertiary/aromatic N) is 1. The van der Waals surface area contributed by atoms with Crippen molar-refractivity contribution in [3.05, 3.63) is 146 Å². The summed E-state index contributed by atoms with van der Waals surface area (Å²) in [6.45, 7) is 0. The highest BCUT2D eigenvalue weighted by molar-refractivity contribution is 7.18. The Morgan fingerprint density at radius 1 is 0.833 bits per heavy atom. The Kier molecular flexibility index (Phi) is 7.16. The van der Waals surface area contributed by atoms with E-state index in [1.54, 1.807) is 6.07 Å². The van der Waals surface area contributed by atoms with E-state index < -0.39 is 23.3 Å². The number of carbonyl (C=O) groups is 1. The normalized spacial score (nSPS) is 11.7. The van der Waals surface area contributed by atoms with Gasteiger partial charge in [0, 0.05) is 22.9 Å². The third-order valence-electron chi connectivity index (χ3n) is 7.29. The molecule has 4 nitrogen and oxygen atoms in total. The number of esters is 1. The van der Waals surface area contributed by atoms with Crippen LogP contribution in [0.1, 0.15) is 37.6 Å². The van der Waals surface area contributed by atoms with Crippen molar-refractivity contribution in [1.82, 2.24) is 4.40 Å². The maximum atomic E-state index is 13.8. The number of aromatic nitrogens is 1. The zero-order valence-corrected chi connectivity index (χ0v) is 23.3. The number of hydrogen-bond donors (Lipinski definition) is 0. The van der Waals surface area contributed by atoms with Gasteiger partial charge in [-0.1, -0.05) is 84.9 Å². The summed E-state index contributed by atoms with van der Waals surface area (Å²) < 4.78 is 47.9. The van der Waals surface area contributed by atoms with E-state index in [9.17, 15) is 22.8 Å². The Labute approximate surface area is 243 Å². The highest BCUT2D eigenvalue weighted by atomic mass is 32.1. The smallest absolute Gasteiger partial charge is 0.416 e. The molecule has 0 atom stereocenters. The minimum Gasteiger partial charge on any atom is -0.464 e. The van der Waals surface area contributed by atoms with Crippen molar-refractivity contribution in [2.45, 2.75) is 19.0 Å². The molecular formula is C34H24F3NO3S. The van der Waals surface area contributed by atoms with E-state index in [2.05, 4.69) is 0 Å². The maximum Gasteiger partial charge on any atom is 0.416 e. The topological polar surface area (TPSA) is 47.8 Å². The molecular weight excluding hydrogens is 559 g/mol. The van der Waals surface area contributed by atoms with Gasteiger partial charge in [0.25, 0.3) is 5.56 Å². The van der Waals surface area contributed by atoms with Gasteiger partial charge in [0.05, 0.1) is 12.7 Å². The summed E-state index contributed by atoms with van der Waals surface area (Å²) in [6.07, 6.45) is -3.91. The first-order valence-corrected chi connectivity index (χ1v) is 14.0. The Bertz CT molecular complexity index is 2000. The molecule has 0 aliphatic carbocycles. The van der Waals surface area contributed by atoms with E-state index in [1.807, 2.05) is 72.8 Å². The number of halogens is 3. The molecule has 8 heteroatoms. The molecule has 2 heterocycles. The molecule has 0 fully saturated rings. The first kappa shape index (κ1) is 27.5. The molecule has 0 bridgehead atoms. The number of methoxy groups -OCH3 is 1. The van der Waals surface area contributed by atoms with Crippen molar-refractivity contribution in [3.63, 3.8) is 0 Å². The quantitative estimate of drug-likeness (QED) is 0.186. The van der Waals surface area contributed by atoms with Crippen LogP contribution in [-0.4, -0.2) is 17.5 Å². The van der Waals surface area contributed by atoms with Crippen LogP contribution >= 0.6 is 11.3 Å². The molecule has 0 aliphatic heterocycles. The number of alkyl halides is 3. The van der Waals surface area contributed by atoms with E-state index in [4.69, 9.17) is 4.74 Å². The molecule has 0 N–H and O–H groups in total. The number of benzene rings is 4. The molecule has 4 aromatic carbocycles. The lowest BCUT2D eigenvalue weighted by molar-refractivity contribution is -0.137. The highest BCUT2D eigenvalue weighted by Gasteiger charge is 2.31. The lowest BCUT2D eigenvalue weighted by Gasteiger charge is -2.15. The number of hydrogen-bond acceptors (Lipinski definition) is 4. The number of fused-ring (bicyclic) bond motifs is 2. The van der Waals surface area contributed by atoms with Gasteiger partial charge in [-0.15, -0.1) is 11.3 Å². The Morgan fingerprint density at radius 2 is 1.55 bits per heavy atom. The van der Waals surface area contributed by atoms with Gasteiger partial charge in [-0.05, 0) is 51.6 Å². The average molecular weight is 584 g/mol. The van der Waals surface area contributed by atoms with Crippen LogP contribution in [0.25, 0.3) is 26.7 Å². The third kappa shape index (κ3) is 5.10. The lowest BCUT2D eigenvalue weighted by atomic mass is 9.93. The van der Waals surface area contributed by atoms with Crippen molar-refractivity contribution in [2.24, 2.45) is 0 Å². The van der Waals surface area contributed by atoms with Crippen molar-refractivity contribution >= 4 is 32.9 Å². The molecule has 0 radical (unpaired) electrons. The molecule has 0 saturated carbocycles. The van der Waals surface area contributed by atoms with E-state index in [1.165, 1.54) is 35.0 Å². The van der Waals surface area contributed by atoms with Gasteiger partial charge in [-0.3, -0.25) is 9.20 Å². The van der Waals surface area contributed by atoms with Crippen LogP contribution < -0.4 is 5.56 Å². The van der Waals surface area contributed by atoms with E-state index in [0.29, 0.717) is 39.2 Å². The third-order valence-corrected chi connectivity index (χ3v) is 8.45. The van der Waals surface area contributed by atoms with E-state index >= 15 is 0 Å². The molecule has 42 heavy (non-hydrogen) atoms. The minimum absolute atomic E-state index is 0.0799. The summed E-state index contributed by atoms with van der Waals surface area (Å²) in [5.74, 6) is -0.689. The average Bonchev–Trinajstić information content (AvgIpc) is 3.36. The second-order valence-corrected chi connectivity index (χ2v) is 11.0. The van der Waals surface area contributed by atoms with Crippen molar-refractivity contribution < 1.29 is 22.7 Å². The number of rotatable bonds is 6. The predicted octanol–water partition coefficient (Wildman–Crippen LogP) is 8.17. The fraction of sp³-hybridized carbons (Fsp3) is 0.118. The molecule has 0 spiro atoms. The van der Waals surface area contributed by atoms with Gasteiger partial charge in [-0.2, -0.15) is 13.2 Å². The monoisotopic (exact) mass is 583 g/mol. The predicted molar refractivity (Wildman–Crippen MR) is 159 cm³/mol. The Balaban J connectivity index is 1.66. The van der Waals surface area contributed by atoms with Crippen molar-refractivity contribution in [1.29, 1.82) is 0 Å². The fourth-order valence-electron chi connectivity index (χ4n) is 5.39. The molecule has 0 aliphatic rings. The summed E-state index contributed by atoms with van der Waals surface area (Å²) >= 11 is 1.22. The van der Waals surface area contributed by atoms with Crippen LogP contribution in [-0.2, 0) is 23.8 Å². The number of carbonyl (C=O) groups excluding carboxylic acids is 1. The molecule has 0 amide bonds.